The van der Waals surface area contributed by atoms with E-state index in [9.17, 15) is 4.79 Å². The molecular formula is C18H26N6O. The van der Waals surface area contributed by atoms with E-state index in [0.717, 1.165) is 45.4 Å². The highest BCUT2D eigenvalue weighted by molar-refractivity contribution is 5.79. The van der Waals surface area contributed by atoms with Gasteiger partial charge >= 0.3 is 0 Å². The number of aryl methyl sites for hydroxylation is 1. The molecule has 4 rings (SSSR count). The molecule has 2 aliphatic rings. The first-order chi connectivity index (χ1) is 12.2. The topological polar surface area (TPSA) is 68.0 Å². The van der Waals surface area contributed by atoms with Gasteiger partial charge in [0.05, 0.1) is 17.9 Å². The van der Waals surface area contributed by atoms with Crippen molar-refractivity contribution in [1.82, 2.24) is 29.8 Å². The van der Waals surface area contributed by atoms with Gasteiger partial charge in [-0.2, -0.15) is 10.2 Å². The Hall–Kier alpha value is -2.15. The molecule has 7 nitrogen and oxygen atoms in total. The molecule has 1 aliphatic carbocycles. The molecule has 3 heterocycles. The Labute approximate surface area is 148 Å². The smallest absolute Gasteiger partial charge is 0.223 e. The van der Waals surface area contributed by atoms with Crippen LogP contribution in [0.25, 0.3) is 0 Å². The molecule has 1 fully saturated rings. The zero-order valence-corrected chi connectivity index (χ0v) is 14.8. The Bertz CT molecular complexity index is 732. The standard InChI is InChI=1S/C18H26N6O/c1-22-10-14(9-21-22)11-23-12-16(24-17(13-23)6-8-20-24)5-7-19-18(25)15-3-2-4-15/h6,8-10,15-16H,2-5,7,11-13H2,1H3,(H,19,25)/t16-/m1/s1. The fraction of sp³-hybridized carbons (Fsp3) is 0.611. The van der Waals surface area contributed by atoms with Crippen LogP contribution in [-0.4, -0.2) is 43.5 Å². The van der Waals surface area contributed by atoms with Crippen molar-refractivity contribution in [3.63, 3.8) is 0 Å². The molecule has 25 heavy (non-hydrogen) atoms. The van der Waals surface area contributed by atoms with Crippen LogP contribution in [0.4, 0.5) is 0 Å². The minimum atomic E-state index is 0.231. The van der Waals surface area contributed by atoms with Crippen molar-refractivity contribution in [3.05, 3.63) is 35.9 Å². The van der Waals surface area contributed by atoms with E-state index in [1.807, 2.05) is 24.1 Å². The van der Waals surface area contributed by atoms with Gasteiger partial charge in [-0.15, -0.1) is 0 Å². The fourth-order valence-corrected chi connectivity index (χ4v) is 3.79. The van der Waals surface area contributed by atoms with E-state index in [1.165, 1.54) is 17.7 Å². The largest absolute Gasteiger partial charge is 0.356 e. The molecule has 2 aromatic rings. The summed E-state index contributed by atoms with van der Waals surface area (Å²) in [5.41, 5.74) is 2.47. The third-order valence-electron chi connectivity index (χ3n) is 5.37. The zero-order valence-electron chi connectivity index (χ0n) is 14.8. The summed E-state index contributed by atoms with van der Waals surface area (Å²) in [5, 5.41) is 11.9. The highest BCUT2D eigenvalue weighted by atomic mass is 16.1. The predicted octanol–water partition coefficient (Wildman–Crippen LogP) is 1.48. The van der Waals surface area contributed by atoms with Crippen molar-refractivity contribution < 1.29 is 4.79 Å². The van der Waals surface area contributed by atoms with Crippen LogP contribution in [-0.2, 0) is 24.9 Å². The number of amides is 1. The van der Waals surface area contributed by atoms with Gasteiger partial charge in [0.1, 0.15) is 0 Å². The lowest BCUT2D eigenvalue weighted by atomic mass is 9.85. The molecular weight excluding hydrogens is 316 g/mol. The van der Waals surface area contributed by atoms with Gasteiger partial charge in [0.15, 0.2) is 0 Å². The van der Waals surface area contributed by atoms with Gasteiger partial charge in [-0.05, 0) is 25.3 Å². The van der Waals surface area contributed by atoms with E-state index in [4.69, 9.17) is 0 Å². The first-order valence-electron chi connectivity index (χ1n) is 9.19. The van der Waals surface area contributed by atoms with Crippen molar-refractivity contribution in [2.75, 3.05) is 13.1 Å². The van der Waals surface area contributed by atoms with Gasteiger partial charge in [0.25, 0.3) is 0 Å². The summed E-state index contributed by atoms with van der Waals surface area (Å²) in [5.74, 6) is 0.490. The molecule has 1 atom stereocenters. The number of rotatable bonds is 6. The van der Waals surface area contributed by atoms with Crippen molar-refractivity contribution in [2.24, 2.45) is 13.0 Å². The lowest BCUT2D eigenvalue weighted by molar-refractivity contribution is -0.127. The molecule has 0 spiro atoms. The van der Waals surface area contributed by atoms with E-state index < -0.39 is 0 Å². The van der Waals surface area contributed by atoms with Crippen LogP contribution in [0.3, 0.4) is 0 Å². The summed E-state index contributed by atoms with van der Waals surface area (Å²) in [4.78, 5) is 14.5. The van der Waals surface area contributed by atoms with Crippen molar-refractivity contribution in [3.8, 4) is 0 Å². The number of carbonyl (C=O) groups excluding carboxylic acids is 1. The lowest BCUT2D eigenvalue weighted by Gasteiger charge is -2.34. The highest BCUT2D eigenvalue weighted by Crippen LogP contribution is 2.27. The average Bonchev–Trinajstić information content (AvgIpc) is 3.14. The maximum atomic E-state index is 12.0. The molecule has 1 amide bonds. The average molecular weight is 342 g/mol. The van der Waals surface area contributed by atoms with E-state index in [2.05, 4.69) is 37.4 Å². The molecule has 134 valence electrons. The molecule has 0 unspecified atom stereocenters. The second kappa shape index (κ2) is 7.00. The molecule has 0 radical (unpaired) electrons. The molecule has 2 aromatic heterocycles. The van der Waals surface area contributed by atoms with Crippen LogP contribution in [0.2, 0.25) is 0 Å². The van der Waals surface area contributed by atoms with E-state index in [0.29, 0.717) is 6.04 Å². The third kappa shape index (κ3) is 3.61. The number of carbonyl (C=O) groups is 1. The lowest BCUT2D eigenvalue weighted by Crippen LogP contribution is -2.40. The van der Waals surface area contributed by atoms with Gasteiger partial charge < -0.3 is 5.32 Å². The van der Waals surface area contributed by atoms with Crippen molar-refractivity contribution >= 4 is 5.91 Å². The molecule has 1 N–H and O–H groups in total. The van der Waals surface area contributed by atoms with Crippen LogP contribution in [0.5, 0.6) is 0 Å². The van der Waals surface area contributed by atoms with Gasteiger partial charge in [0.2, 0.25) is 5.91 Å². The second-order valence-corrected chi connectivity index (χ2v) is 7.32. The second-order valence-electron chi connectivity index (χ2n) is 7.32. The molecule has 0 bridgehead atoms. The summed E-state index contributed by atoms with van der Waals surface area (Å²) >= 11 is 0. The third-order valence-corrected chi connectivity index (χ3v) is 5.37. The molecule has 7 heteroatoms. The molecule has 1 aliphatic heterocycles. The number of hydrogen-bond donors (Lipinski definition) is 1. The summed E-state index contributed by atoms with van der Waals surface area (Å²) < 4.78 is 3.98. The summed E-state index contributed by atoms with van der Waals surface area (Å²) in [7, 11) is 1.95. The molecule has 1 saturated carbocycles. The Balaban J connectivity index is 1.35. The first-order valence-corrected chi connectivity index (χ1v) is 9.19. The number of fused-ring (bicyclic) bond motifs is 1. The quantitative estimate of drug-likeness (QED) is 0.863. The number of aromatic nitrogens is 4. The fourth-order valence-electron chi connectivity index (χ4n) is 3.79. The Morgan fingerprint density at radius 1 is 1.36 bits per heavy atom. The summed E-state index contributed by atoms with van der Waals surface area (Å²) in [6, 6.07) is 2.40. The zero-order chi connectivity index (χ0) is 17.2. The minimum absolute atomic E-state index is 0.231. The van der Waals surface area contributed by atoms with Gasteiger partial charge in [-0.1, -0.05) is 6.42 Å². The number of hydrogen-bond acceptors (Lipinski definition) is 4. The SMILES string of the molecule is Cn1cc(CN2Cc3ccnn3[C@H](CCNC(=O)C3CCC3)C2)cn1. The predicted molar refractivity (Wildman–Crippen MR) is 93.6 cm³/mol. The van der Waals surface area contributed by atoms with Crippen LogP contribution < -0.4 is 5.32 Å². The van der Waals surface area contributed by atoms with Crippen LogP contribution >= 0.6 is 0 Å². The van der Waals surface area contributed by atoms with Crippen molar-refractivity contribution in [1.29, 1.82) is 0 Å². The van der Waals surface area contributed by atoms with Crippen molar-refractivity contribution in [2.45, 2.75) is 44.8 Å². The van der Waals surface area contributed by atoms with Gasteiger partial charge in [-0.3, -0.25) is 19.1 Å². The summed E-state index contributed by atoms with van der Waals surface area (Å²) in [6.45, 7) is 3.46. The minimum Gasteiger partial charge on any atom is -0.356 e. The van der Waals surface area contributed by atoms with E-state index >= 15 is 0 Å². The highest BCUT2D eigenvalue weighted by Gasteiger charge is 2.27. The Kier molecular flexibility index (Phi) is 4.57. The van der Waals surface area contributed by atoms with E-state index in [1.54, 1.807) is 0 Å². The Morgan fingerprint density at radius 3 is 2.96 bits per heavy atom. The first kappa shape index (κ1) is 16.3. The van der Waals surface area contributed by atoms with Gasteiger partial charge in [0, 0.05) is 57.1 Å². The van der Waals surface area contributed by atoms with E-state index in [-0.39, 0.29) is 11.8 Å². The maximum Gasteiger partial charge on any atom is 0.223 e. The molecule has 0 aromatic carbocycles. The van der Waals surface area contributed by atoms with Crippen LogP contribution in [0.15, 0.2) is 24.7 Å². The Morgan fingerprint density at radius 2 is 2.24 bits per heavy atom. The summed E-state index contributed by atoms with van der Waals surface area (Å²) in [6.07, 6.45) is 10.1. The van der Waals surface area contributed by atoms with Crippen LogP contribution in [0.1, 0.15) is 43.0 Å². The number of nitrogens with zero attached hydrogens (tertiary/aromatic N) is 5. The number of nitrogens with one attached hydrogen (secondary N) is 1. The van der Waals surface area contributed by atoms with Crippen LogP contribution in [0, 0.1) is 5.92 Å². The monoisotopic (exact) mass is 342 g/mol. The van der Waals surface area contributed by atoms with Gasteiger partial charge in [-0.25, -0.2) is 0 Å². The maximum absolute atomic E-state index is 12.0. The normalized spacial score (nSPS) is 20.9. The molecule has 0 saturated heterocycles.